The van der Waals surface area contributed by atoms with Crippen molar-refractivity contribution in [3.8, 4) is 0 Å². The van der Waals surface area contributed by atoms with Crippen LogP contribution >= 0.6 is 0 Å². The number of halogens is 1. The van der Waals surface area contributed by atoms with Gasteiger partial charge in [-0.3, -0.25) is 4.79 Å². The first-order chi connectivity index (χ1) is 7.74. The maximum Gasteiger partial charge on any atom is 0.144 e. The van der Waals surface area contributed by atoms with Gasteiger partial charge >= 0.3 is 0 Å². The van der Waals surface area contributed by atoms with Crippen molar-refractivity contribution < 1.29 is 13.6 Å². The number of carbonyl (C=O) groups excluding carboxylic acids is 1. The molecule has 16 heavy (non-hydrogen) atoms. The summed E-state index contributed by atoms with van der Waals surface area (Å²) in [7, 11) is 0. The molecule has 0 spiro atoms. The lowest BCUT2D eigenvalue weighted by molar-refractivity contribution is -0.118. The highest BCUT2D eigenvalue weighted by atomic mass is 19.1. The van der Waals surface area contributed by atoms with E-state index in [4.69, 9.17) is 4.42 Å². The molecule has 0 unspecified atom stereocenters. The molecule has 1 aromatic heterocycles. The Labute approximate surface area is 92.7 Å². The monoisotopic (exact) mass is 218 g/mol. The molecule has 1 aromatic carbocycles. The predicted octanol–water partition coefficient (Wildman–Crippen LogP) is 2.77. The summed E-state index contributed by atoms with van der Waals surface area (Å²) < 4.78 is 17.9. The summed E-state index contributed by atoms with van der Waals surface area (Å²) in [5.74, 6) is 0.338. The van der Waals surface area contributed by atoms with Gasteiger partial charge < -0.3 is 4.42 Å². The third-order valence-corrected chi connectivity index (χ3v) is 2.24. The second-order valence-electron chi connectivity index (χ2n) is 3.60. The Morgan fingerprint density at radius 2 is 2.06 bits per heavy atom. The van der Waals surface area contributed by atoms with Gasteiger partial charge in [0.1, 0.15) is 17.4 Å². The minimum absolute atomic E-state index is 0.0144. The third-order valence-electron chi connectivity index (χ3n) is 2.24. The van der Waals surface area contributed by atoms with Gasteiger partial charge in [0.05, 0.1) is 12.7 Å². The zero-order chi connectivity index (χ0) is 11.4. The van der Waals surface area contributed by atoms with Gasteiger partial charge in [-0.15, -0.1) is 0 Å². The number of hydrogen-bond acceptors (Lipinski definition) is 2. The topological polar surface area (TPSA) is 30.2 Å². The van der Waals surface area contributed by atoms with E-state index in [1.54, 1.807) is 24.3 Å². The van der Waals surface area contributed by atoms with Gasteiger partial charge in [-0.2, -0.15) is 0 Å². The average molecular weight is 218 g/mol. The molecule has 0 amide bonds. The Hall–Kier alpha value is -1.90. The number of benzene rings is 1. The standard InChI is InChI=1S/C13H11FO2/c14-11-4-1-3-10(7-11)8-12(15)9-13-5-2-6-16-13/h1-7H,8-9H2. The molecule has 3 heteroatoms. The van der Waals surface area contributed by atoms with Crippen molar-refractivity contribution in [2.24, 2.45) is 0 Å². The SMILES string of the molecule is O=C(Cc1cccc(F)c1)Cc1ccco1. The van der Waals surface area contributed by atoms with E-state index in [0.29, 0.717) is 11.3 Å². The first-order valence-electron chi connectivity index (χ1n) is 5.02. The summed E-state index contributed by atoms with van der Waals surface area (Å²) in [6.45, 7) is 0. The van der Waals surface area contributed by atoms with Crippen LogP contribution in [-0.2, 0) is 17.6 Å². The number of ketones is 1. The molecule has 0 fully saturated rings. The fourth-order valence-electron chi connectivity index (χ4n) is 1.54. The van der Waals surface area contributed by atoms with Gasteiger partial charge in [-0.25, -0.2) is 4.39 Å². The molecule has 1 heterocycles. The Balaban J connectivity index is 1.97. The Morgan fingerprint density at radius 1 is 1.19 bits per heavy atom. The smallest absolute Gasteiger partial charge is 0.144 e. The number of Topliss-reactive ketones (excluding diaryl/α,β-unsaturated/α-hetero) is 1. The minimum atomic E-state index is -0.316. The van der Waals surface area contributed by atoms with E-state index >= 15 is 0 Å². The summed E-state index contributed by atoms with van der Waals surface area (Å²) in [6, 6.07) is 9.57. The van der Waals surface area contributed by atoms with Crippen molar-refractivity contribution >= 4 is 5.78 Å². The molecule has 0 bridgehead atoms. The fraction of sp³-hybridized carbons (Fsp3) is 0.154. The molecule has 0 saturated carbocycles. The van der Waals surface area contributed by atoms with Crippen molar-refractivity contribution in [1.29, 1.82) is 0 Å². The van der Waals surface area contributed by atoms with Crippen LogP contribution in [0, 0.1) is 5.82 Å². The lowest BCUT2D eigenvalue weighted by Gasteiger charge is -1.99. The molecule has 0 aliphatic heterocycles. The Kier molecular flexibility index (Phi) is 3.15. The number of furan rings is 1. The van der Waals surface area contributed by atoms with Crippen LogP contribution in [-0.4, -0.2) is 5.78 Å². The average Bonchev–Trinajstić information content (AvgIpc) is 2.70. The van der Waals surface area contributed by atoms with Crippen molar-refractivity contribution in [1.82, 2.24) is 0 Å². The second-order valence-corrected chi connectivity index (χ2v) is 3.60. The number of rotatable bonds is 4. The molecule has 82 valence electrons. The van der Waals surface area contributed by atoms with Crippen LogP contribution in [0.5, 0.6) is 0 Å². The van der Waals surface area contributed by atoms with Gasteiger partial charge in [-0.05, 0) is 29.8 Å². The highest BCUT2D eigenvalue weighted by Crippen LogP contribution is 2.08. The van der Waals surface area contributed by atoms with E-state index in [2.05, 4.69) is 0 Å². The van der Waals surface area contributed by atoms with Gasteiger partial charge in [0.25, 0.3) is 0 Å². The lowest BCUT2D eigenvalue weighted by atomic mass is 10.1. The van der Waals surface area contributed by atoms with Crippen molar-refractivity contribution in [3.05, 3.63) is 59.8 Å². The largest absolute Gasteiger partial charge is 0.469 e. The zero-order valence-electron chi connectivity index (χ0n) is 8.65. The second kappa shape index (κ2) is 4.75. The predicted molar refractivity (Wildman–Crippen MR) is 57.5 cm³/mol. The molecular weight excluding hydrogens is 207 g/mol. The maximum atomic E-state index is 12.9. The minimum Gasteiger partial charge on any atom is -0.469 e. The Bertz CT molecular complexity index is 474. The van der Waals surface area contributed by atoms with Crippen LogP contribution in [0.3, 0.4) is 0 Å². The molecule has 2 aromatic rings. The van der Waals surface area contributed by atoms with Crippen LogP contribution in [0.2, 0.25) is 0 Å². The molecule has 0 radical (unpaired) electrons. The lowest BCUT2D eigenvalue weighted by Crippen LogP contribution is -2.05. The first-order valence-corrected chi connectivity index (χ1v) is 5.02. The zero-order valence-corrected chi connectivity index (χ0v) is 8.65. The van der Waals surface area contributed by atoms with Crippen LogP contribution in [0.4, 0.5) is 4.39 Å². The molecule has 0 saturated heterocycles. The summed E-state index contributed by atoms with van der Waals surface area (Å²) in [5, 5.41) is 0. The summed E-state index contributed by atoms with van der Waals surface area (Å²) in [5.41, 5.74) is 0.691. The van der Waals surface area contributed by atoms with Gasteiger partial charge in [0.15, 0.2) is 0 Å². The van der Waals surface area contributed by atoms with Crippen LogP contribution < -0.4 is 0 Å². The van der Waals surface area contributed by atoms with Crippen LogP contribution in [0.25, 0.3) is 0 Å². The van der Waals surface area contributed by atoms with Crippen LogP contribution in [0.1, 0.15) is 11.3 Å². The number of carbonyl (C=O) groups is 1. The van der Waals surface area contributed by atoms with Crippen molar-refractivity contribution in [3.63, 3.8) is 0 Å². The number of hydrogen-bond donors (Lipinski definition) is 0. The highest BCUT2D eigenvalue weighted by Gasteiger charge is 2.07. The normalized spacial score (nSPS) is 10.3. The van der Waals surface area contributed by atoms with E-state index in [1.165, 1.54) is 18.4 Å². The molecule has 2 nitrogen and oxygen atoms in total. The molecule has 2 rings (SSSR count). The van der Waals surface area contributed by atoms with E-state index in [9.17, 15) is 9.18 Å². The molecule has 0 atom stereocenters. The first kappa shape index (κ1) is 10.6. The summed E-state index contributed by atoms with van der Waals surface area (Å²) >= 11 is 0. The van der Waals surface area contributed by atoms with Crippen molar-refractivity contribution in [2.45, 2.75) is 12.8 Å². The quantitative estimate of drug-likeness (QED) is 0.789. The Morgan fingerprint density at radius 3 is 2.75 bits per heavy atom. The van der Waals surface area contributed by atoms with E-state index in [-0.39, 0.29) is 24.4 Å². The van der Waals surface area contributed by atoms with E-state index in [1.807, 2.05) is 0 Å². The molecular formula is C13H11FO2. The molecule has 0 aliphatic carbocycles. The fourth-order valence-corrected chi connectivity index (χ4v) is 1.54. The van der Waals surface area contributed by atoms with E-state index in [0.717, 1.165) is 0 Å². The summed E-state index contributed by atoms with van der Waals surface area (Å²) in [4.78, 5) is 11.6. The van der Waals surface area contributed by atoms with Gasteiger partial charge in [-0.1, -0.05) is 12.1 Å². The van der Waals surface area contributed by atoms with Crippen LogP contribution in [0.15, 0.2) is 47.1 Å². The third kappa shape index (κ3) is 2.79. The molecule has 0 N–H and O–H groups in total. The van der Waals surface area contributed by atoms with Gasteiger partial charge in [0, 0.05) is 6.42 Å². The van der Waals surface area contributed by atoms with Gasteiger partial charge in [0.2, 0.25) is 0 Å². The maximum absolute atomic E-state index is 12.9. The highest BCUT2D eigenvalue weighted by molar-refractivity contribution is 5.82. The van der Waals surface area contributed by atoms with E-state index < -0.39 is 0 Å². The molecule has 0 aliphatic rings. The summed E-state index contributed by atoms with van der Waals surface area (Å²) in [6.07, 6.45) is 2.02. The van der Waals surface area contributed by atoms with Crippen molar-refractivity contribution in [2.75, 3.05) is 0 Å².